The molecule has 0 aliphatic heterocycles. The molecule has 5 nitrogen and oxygen atoms in total. The molecule has 2 aromatic carbocycles. The van der Waals surface area contributed by atoms with Crippen molar-refractivity contribution in [3.8, 4) is 0 Å². The minimum Gasteiger partial charge on any atom is -0.480 e. The van der Waals surface area contributed by atoms with E-state index in [9.17, 15) is 18.3 Å². The molecule has 0 spiro atoms. The molecule has 132 valence electrons. The van der Waals surface area contributed by atoms with Crippen LogP contribution in [0.5, 0.6) is 0 Å². The Kier molecular flexibility index (Phi) is 5.20. The molecular weight excluding hydrogens is 338 g/mol. The average Bonchev–Trinajstić information content (AvgIpc) is 3.02. The predicted octanol–water partition coefficient (Wildman–Crippen LogP) is 2.54. The van der Waals surface area contributed by atoms with Gasteiger partial charge in [-0.3, -0.25) is 4.79 Å². The summed E-state index contributed by atoms with van der Waals surface area (Å²) in [6, 6.07) is 15.2. The molecule has 2 aromatic rings. The highest BCUT2D eigenvalue weighted by Crippen LogP contribution is 2.29. The number of hydrogen-bond acceptors (Lipinski definition) is 3. The van der Waals surface area contributed by atoms with Gasteiger partial charge in [0.2, 0.25) is 10.0 Å². The second-order valence-corrected chi connectivity index (χ2v) is 8.32. The monoisotopic (exact) mass is 359 g/mol. The molecule has 0 amide bonds. The first-order chi connectivity index (χ1) is 11.9. The molecule has 0 heterocycles. The standard InChI is InChI=1S/C19H21NO4S/c21-19(22)18(15-6-2-1-3-7-15)20-25(23,24)11-10-14-12-16-8-4-5-9-17(16)13-14/h1-9,14,18,20H,10-13H2,(H,21,22)/t18-/m0/s1. The van der Waals surface area contributed by atoms with E-state index in [1.807, 2.05) is 12.1 Å². The Labute approximate surface area is 147 Å². The topological polar surface area (TPSA) is 83.5 Å². The van der Waals surface area contributed by atoms with Crippen molar-refractivity contribution in [2.24, 2.45) is 5.92 Å². The summed E-state index contributed by atoms with van der Waals surface area (Å²) in [6.07, 6.45) is 2.28. The van der Waals surface area contributed by atoms with Crippen molar-refractivity contribution in [3.05, 3.63) is 71.3 Å². The summed E-state index contributed by atoms with van der Waals surface area (Å²) >= 11 is 0. The third-order valence-electron chi connectivity index (χ3n) is 4.61. The van der Waals surface area contributed by atoms with Gasteiger partial charge in [-0.2, -0.15) is 4.72 Å². The van der Waals surface area contributed by atoms with Gasteiger partial charge >= 0.3 is 5.97 Å². The molecule has 0 fully saturated rings. The predicted molar refractivity (Wildman–Crippen MR) is 95.7 cm³/mol. The highest BCUT2D eigenvalue weighted by Gasteiger charge is 2.27. The fourth-order valence-corrected chi connectivity index (χ4v) is 4.68. The first-order valence-corrected chi connectivity index (χ1v) is 9.94. The molecule has 0 aromatic heterocycles. The van der Waals surface area contributed by atoms with Crippen LogP contribution in [0.4, 0.5) is 0 Å². The molecule has 0 unspecified atom stereocenters. The number of hydrogen-bond donors (Lipinski definition) is 2. The van der Waals surface area contributed by atoms with Crippen molar-refractivity contribution in [2.75, 3.05) is 5.75 Å². The molecule has 6 heteroatoms. The van der Waals surface area contributed by atoms with E-state index >= 15 is 0 Å². The van der Waals surface area contributed by atoms with Gasteiger partial charge in [0.1, 0.15) is 6.04 Å². The molecule has 3 rings (SSSR count). The minimum absolute atomic E-state index is 0.0672. The van der Waals surface area contributed by atoms with E-state index in [0.717, 1.165) is 12.8 Å². The first kappa shape index (κ1) is 17.6. The second kappa shape index (κ2) is 7.37. The third kappa shape index (κ3) is 4.46. The van der Waals surface area contributed by atoms with Crippen molar-refractivity contribution < 1.29 is 18.3 Å². The van der Waals surface area contributed by atoms with Gasteiger partial charge in [-0.1, -0.05) is 54.6 Å². The van der Waals surface area contributed by atoms with E-state index < -0.39 is 22.0 Å². The summed E-state index contributed by atoms with van der Waals surface area (Å²) in [6.45, 7) is 0. The molecule has 2 N–H and O–H groups in total. The molecule has 1 aliphatic rings. The van der Waals surface area contributed by atoms with Crippen LogP contribution in [0.15, 0.2) is 54.6 Å². The number of carboxylic acids is 1. The summed E-state index contributed by atoms with van der Waals surface area (Å²) < 4.78 is 27.1. The lowest BCUT2D eigenvalue weighted by atomic mass is 10.0. The Balaban J connectivity index is 1.61. The lowest BCUT2D eigenvalue weighted by molar-refractivity contribution is -0.139. The zero-order valence-corrected chi connectivity index (χ0v) is 14.6. The van der Waals surface area contributed by atoms with Crippen LogP contribution in [0.2, 0.25) is 0 Å². The van der Waals surface area contributed by atoms with Crippen molar-refractivity contribution in [1.82, 2.24) is 4.72 Å². The number of aliphatic carboxylic acids is 1. The molecule has 0 saturated heterocycles. The van der Waals surface area contributed by atoms with Gasteiger partial charge in [-0.05, 0) is 41.9 Å². The first-order valence-electron chi connectivity index (χ1n) is 8.29. The average molecular weight is 359 g/mol. The highest BCUT2D eigenvalue weighted by atomic mass is 32.2. The quantitative estimate of drug-likeness (QED) is 0.796. The summed E-state index contributed by atoms with van der Waals surface area (Å²) in [5.74, 6) is -0.987. The molecule has 25 heavy (non-hydrogen) atoms. The maximum absolute atomic E-state index is 12.4. The van der Waals surface area contributed by atoms with E-state index in [0.29, 0.717) is 12.0 Å². The van der Waals surface area contributed by atoms with E-state index in [1.165, 1.54) is 11.1 Å². The highest BCUT2D eigenvalue weighted by molar-refractivity contribution is 7.89. The van der Waals surface area contributed by atoms with Crippen LogP contribution in [0.3, 0.4) is 0 Å². The van der Waals surface area contributed by atoms with Crippen LogP contribution in [-0.2, 0) is 27.7 Å². The molecular formula is C19H21NO4S. The maximum Gasteiger partial charge on any atom is 0.326 e. The van der Waals surface area contributed by atoms with Crippen LogP contribution in [-0.4, -0.2) is 25.2 Å². The SMILES string of the molecule is O=C(O)[C@@H](NS(=O)(=O)CCC1Cc2ccccc2C1)c1ccccc1. The Hall–Kier alpha value is -2.18. The van der Waals surface area contributed by atoms with Gasteiger partial charge in [0.25, 0.3) is 0 Å². The van der Waals surface area contributed by atoms with Crippen molar-refractivity contribution in [1.29, 1.82) is 0 Å². The number of benzene rings is 2. The minimum atomic E-state index is -3.68. The number of carbonyl (C=O) groups is 1. The zero-order chi connectivity index (χ0) is 17.9. The molecule has 1 aliphatic carbocycles. The lowest BCUT2D eigenvalue weighted by Gasteiger charge is -2.16. The maximum atomic E-state index is 12.4. The third-order valence-corrected chi connectivity index (χ3v) is 5.98. The van der Waals surface area contributed by atoms with Gasteiger partial charge in [0.15, 0.2) is 0 Å². The van der Waals surface area contributed by atoms with Crippen molar-refractivity contribution >= 4 is 16.0 Å². The Bertz CT molecular complexity index is 824. The van der Waals surface area contributed by atoms with Crippen LogP contribution >= 0.6 is 0 Å². The summed E-state index contributed by atoms with van der Waals surface area (Å²) in [4.78, 5) is 11.5. The largest absolute Gasteiger partial charge is 0.480 e. The van der Waals surface area contributed by atoms with E-state index in [1.54, 1.807) is 30.3 Å². The number of rotatable bonds is 7. The molecule has 0 saturated carbocycles. The fraction of sp³-hybridized carbons (Fsp3) is 0.316. The summed E-state index contributed by atoms with van der Waals surface area (Å²) in [5, 5.41) is 9.36. The number of nitrogens with one attached hydrogen (secondary N) is 1. The summed E-state index contributed by atoms with van der Waals surface area (Å²) in [7, 11) is -3.68. The zero-order valence-electron chi connectivity index (χ0n) is 13.8. The molecule has 1 atom stereocenters. The Morgan fingerprint density at radius 2 is 1.60 bits per heavy atom. The van der Waals surface area contributed by atoms with Gasteiger partial charge in [-0.15, -0.1) is 0 Å². The Morgan fingerprint density at radius 1 is 1.04 bits per heavy atom. The van der Waals surface area contributed by atoms with Crippen LogP contribution in [0.1, 0.15) is 29.2 Å². The van der Waals surface area contributed by atoms with Gasteiger partial charge in [0, 0.05) is 0 Å². The number of sulfonamides is 1. The second-order valence-electron chi connectivity index (χ2n) is 6.45. The van der Waals surface area contributed by atoms with Crippen molar-refractivity contribution in [2.45, 2.75) is 25.3 Å². The van der Waals surface area contributed by atoms with Crippen molar-refractivity contribution in [3.63, 3.8) is 0 Å². The number of fused-ring (bicyclic) bond motifs is 1. The normalized spacial score (nSPS) is 15.7. The molecule has 0 radical (unpaired) electrons. The van der Waals surface area contributed by atoms with Crippen LogP contribution in [0, 0.1) is 5.92 Å². The van der Waals surface area contributed by atoms with E-state index in [-0.39, 0.29) is 11.7 Å². The fourth-order valence-electron chi connectivity index (χ4n) is 3.32. The lowest BCUT2D eigenvalue weighted by Crippen LogP contribution is -2.35. The summed E-state index contributed by atoms with van der Waals surface area (Å²) in [5.41, 5.74) is 2.99. The van der Waals surface area contributed by atoms with E-state index in [4.69, 9.17) is 0 Å². The molecule has 0 bridgehead atoms. The van der Waals surface area contributed by atoms with Gasteiger partial charge in [0.05, 0.1) is 5.75 Å². The van der Waals surface area contributed by atoms with Gasteiger partial charge in [-0.25, -0.2) is 8.42 Å². The van der Waals surface area contributed by atoms with Gasteiger partial charge < -0.3 is 5.11 Å². The smallest absolute Gasteiger partial charge is 0.326 e. The number of carboxylic acid groups (broad SMARTS) is 1. The van der Waals surface area contributed by atoms with Crippen LogP contribution in [0.25, 0.3) is 0 Å². The van der Waals surface area contributed by atoms with E-state index in [2.05, 4.69) is 16.9 Å². The Morgan fingerprint density at radius 3 is 2.16 bits per heavy atom. The van der Waals surface area contributed by atoms with Crippen LogP contribution < -0.4 is 4.72 Å².